The fourth-order valence-corrected chi connectivity index (χ4v) is 2.17. The van der Waals surface area contributed by atoms with Crippen molar-refractivity contribution >= 4 is 5.91 Å². The summed E-state index contributed by atoms with van der Waals surface area (Å²) in [5.41, 5.74) is -0.644. The van der Waals surface area contributed by atoms with E-state index in [4.69, 9.17) is 0 Å². The van der Waals surface area contributed by atoms with Gasteiger partial charge in [0.05, 0.1) is 5.60 Å². The van der Waals surface area contributed by atoms with Crippen LogP contribution in [0.1, 0.15) is 58.8 Å². The minimum atomic E-state index is -0.644. The van der Waals surface area contributed by atoms with Crippen LogP contribution in [0.15, 0.2) is 0 Å². The van der Waals surface area contributed by atoms with Crippen LogP contribution in [0, 0.1) is 5.92 Å². The lowest BCUT2D eigenvalue weighted by molar-refractivity contribution is -0.123. The highest BCUT2D eigenvalue weighted by Crippen LogP contribution is 2.31. The summed E-state index contributed by atoms with van der Waals surface area (Å²) in [4.78, 5) is 11.4. The first-order valence-electron chi connectivity index (χ1n) is 6.55. The van der Waals surface area contributed by atoms with E-state index >= 15 is 0 Å². The highest BCUT2D eigenvalue weighted by molar-refractivity contribution is 5.75. The highest BCUT2D eigenvalue weighted by atomic mass is 16.3. The zero-order valence-corrected chi connectivity index (χ0v) is 10.6. The van der Waals surface area contributed by atoms with Crippen molar-refractivity contribution in [3.05, 3.63) is 0 Å². The summed E-state index contributed by atoms with van der Waals surface area (Å²) >= 11 is 0. The molecule has 3 heteroatoms. The normalized spacial score (nSPS) is 30.1. The Morgan fingerprint density at radius 2 is 2.06 bits per heavy atom. The number of amides is 1. The fourth-order valence-electron chi connectivity index (χ4n) is 2.17. The SMILES string of the molecule is CCCCC(=O)NCC1(O)CCC(C)CC1. The van der Waals surface area contributed by atoms with Crippen molar-refractivity contribution < 1.29 is 9.90 Å². The van der Waals surface area contributed by atoms with Crippen LogP contribution in [0.2, 0.25) is 0 Å². The van der Waals surface area contributed by atoms with Gasteiger partial charge in [0.25, 0.3) is 0 Å². The van der Waals surface area contributed by atoms with Crippen LogP contribution in [-0.4, -0.2) is 23.2 Å². The minimum Gasteiger partial charge on any atom is -0.388 e. The zero-order chi connectivity index (χ0) is 12.0. The van der Waals surface area contributed by atoms with Crippen LogP contribution in [0.25, 0.3) is 0 Å². The minimum absolute atomic E-state index is 0.0777. The Balaban J connectivity index is 2.23. The van der Waals surface area contributed by atoms with Crippen molar-refractivity contribution in [3.8, 4) is 0 Å². The molecule has 0 unspecified atom stereocenters. The van der Waals surface area contributed by atoms with Crippen molar-refractivity contribution in [1.29, 1.82) is 0 Å². The van der Waals surface area contributed by atoms with E-state index in [0.717, 1.165) is 44.4 Å². The Bertz CT molecular complexity index is 220. The number of nitrogens with one attached hydrogen (secondary N) is 1. The molecule has 1 aliphatic rings. The van der Waals surface area contributed by atoms with E-state index in [-0.39, 0.29) is 5.91 Å². The molecule has 0 spiro atoms. The van der Waals surface area contributed by atoms with Gasteiger partial charge in [-0.05, 0) is 38.0 Å². The Morgan fingerprint density at radius 1 is 1.44 bits per heavy atom. The molecule has 0 aliphatic heterocycles. The van der Waals surface area contributed by atoms with E-state index in [0.29, 0.717) is 13.0 Å². The van der Waals surface area contributed by atoms with Gasteiger partial charge in [-0.25, -0.2) is 0 Å². The Morgan fingerprint density at radius 3 is 2.62 bits per heavy atom. The first-order valence-corrected chi connectivity index (χ1v) is 6.55. The molecule has 94 valence electrons. The monoisotopic (exact) mass is 227 g/mol. The number of carbonyl (C=O) groups is 1. The van der Waals surface area contributed by atoms with Crippen LogP contribution in [-0.2, 0) is 4.79 Å². The molecule has 2 N–H and O–H groups in total. The number of carbonyl (C=O) groups excluding carboxylic acids is 1. The van der Waals surface area contributed by atoms with Crippen LogP contribution in [0.3, 0.4) is 0 Å². The Labute approximate surface area is 98.6 Å². The average Bonchev–Trinajstić information content (AvgIpc) is 2.28. The van der Waals surface area contributed by atoms with Gasteiger partial charge in [0, 0.05) is 13.0 Å². The van der Waals surface area contributed by atoms with Crippen molar-refractivity contribution in [3.63, 3.8) is 0 Å². The maximum atomic E-state index is 11.4. The second-order valence-electron chi connectivity index (χ2n) is 5.29. The standard InChI is InChI=1S/C13H25NO2/c1-3-4-5-12(15)14-10-13(16)8-6-11(2)7-9-13/h11,16H,3-10H2,1-2H3,(H,14,15). The second-order valence-corrected chi connectivity index (χ2v) is 5.29. The van der Waals surface area contributed by atoms with Crippen molar-refractivity contribution in [2.45, 2.75) is 64.4 Å². The molecular weight excluding hydrogens is 202 g/mol. The van der Waals surface area contributed by atoms with Gasteiger partial charge in [-0.3, -0.25) is 4.79 Å². The Hall–Kier alpha value is -0.570. The lowest BCUT2D eigenvalue weighted by atomic mass is 9.79. The molecule has 3 nitrogen and oxygen atoms in total. The van der Waals surface area contributed by atoms with Crippen molar-refractivity contribution in [2.24, 2.45) is 5.92 Å². The molecule has 0 aromatic heterocycles. The molecule has 1 rings (SSSR count). The lowest BCUT2D eigenvalue weighted by Crippen LogP contribution is -2.45. The predicted octanol–water partition coefficient (Wildman–Crippen LogP) is 2.23. The third-order valence-electron chi connectivity index (χ3n) is 3.58. The molecule has 0 aromatic rings. The van der Waals surface area contributed by atoms with Crippen molar-refractivity contribution in [1.82, 2.24) is 5.32 Å². The topological polar surface area (TPSA) is 49.3 Å². The molecule has 1 amide bonds. The quantitative estimate of drug-likeness (QED) is 0.756. The van der Waals surface area contributed by atoms with E-state index in [9.17, 15) is 9.90 Å². The van der Waals surface area contributed by atoms with E-state index < -0.39 is 5.60 Å². The molecule has 0 saturated heterocycles. The van der Waals surface area contributed by atoms with Gasteiger partial charge >= 0.3 is 0 Å². The van der Waals surface area contributed by atoms with E-state index in [1.807, 2.05) is 0 Å². The summed E-state index contributed by atoms with van der Waals surface area (Å²) in [5, 5.41) is 13.1. The van der Waals surface area contributed by atoms with Gasteiger partial charge in [-0.1, -0.05) is 20.3 Å². The summed E-state index contributed by atoms with van der Waals surface area (Å²) in [6, 6.07) is 0. The van der Waals surface area contributed by atoms with Crippen molar-refractivity contribution in [2.75, 3.05) is 6.54 Å². The summed E-state index contributed by atoms with van der Waals surface area (Å²) in [5.74, 6) is 0.796. The lowest BCUT2D eigenvalue weighted by Gasteiger charge is -2.34. The van der Waals surface area contributed by atoms with Crippen LogP contribution < -0.4 is 5.32 Å². The smallest absolute Gasteiger partial charge is 0.220 e. The third kappa shape index (κ3) is 4.52. The number of aliphatic hydroxyl groups is 1. The second kappa shape index (κ2) is 6.24. The number of rotatable bonds is 5. The van der Waals surface area contributed by atoms with Crippen LogP contribution >= 0.6 is 0 Å². The maximum Gasteiger partial charge on any atom is 0.220 e. The van der Waals surface area contributed by atoms with Crippen LogP contribution in [0.4, 0.5) is 0 Å². The molecule has 0 aromatic carbocycles. The number of hydrogen-bond donors (Lipinski definition) is 2. The first-order chi connectivity index (χ1) is 7.56. The molecule has 0 heterocycles. The summed E-state index contributed by atoms with van der Waals surface area (Å²) < 4.78 is 0. The van der Waals surface area contributed by atoms with Gasteiger partial charge in [0.2, 0.25) is 5.91 Å². The average molecular weight is 227 g/mol. The molecule has 0 atom stereocenters. The fraction of sp³-hybridized carbons (Fsp3) is 0.923. The number of hydrogen-bond acceptors (Lipinski definition) is 2. The van der Waals surface area contributed by atoms with E-state index in [1.165, 1.54) is 0 Å². The molecule has 16 heavy (non-hydrogen) atoms. The van der Waals surface area contributed by atoms with Gasteiger partial charge < -0.3 is 10.4 Å². The summed E-state index contributed by atoms with van der Waals surface area (Å²) in [6.07, 6.45) is 6.34. The predicted molar refractivity (Wildman–Crippen MR) is 65.1 cm³/mol. The van der Waals surface area contributed by atoms with E-state index in [1.54, 1.807) is 0 Å². The molecule has 1 aliphatic carbocycles. The van der Waals surface area contributed by atoms with E-state index in [2.05, 4.69) is 19.2 Å². The molecule has 0 radical (unpaired) electrons. The summed E-state index contributed by atoms with van der Waals surface area (Å²) in [6.45, 7) is 4.73. The molecule has 0 bridgehead atoms. The zero-order valence-electron chi connectivity index (χ0n) is 10.6. The van der Waals surface area contributed by atoms with Gasteiger partial charge in [-0.15, -0.1) is 0 Å². The van der Waals surface area contributed by atoms with Gasteiger partial charge in [-0.2, -0.15) is 0 Å². The third-order valence-corrected chi connectivity index (χ3v) is 3.58. The maximum absolute atomic E-state index is 11.4. The largest absolute Gasteiger partial charge is 0.388 e. The number of unbranched alkanes of at least 4 members (excludes halogenated alkanes) is 1. The highest BCUT2D eigenvalue weighted by Gasteiger charge is 2.31. The summed E-state index contributed by atoms with van der Waals surface area (Å²) in [7, 11) is 0. The Kier molecular flexibility index (Phi) is 5.26. The molecule has 1 saturated carbocycles. The molecule has 1 fully saturated rings. The molecular formula is C13H25NO2. The van der Waals surface area contributed by atoms with Gasteiger partial charge in [0.1, 0.15) is 0 Å². The first kappa shape index (κ1) is 13.5. The van der Waals surface area contributed by atoms with Crippen LogP contribution in [0.5, 0.6) is 0 Å². The van der Waals surface area contributed by atoms with Gasteiger partial charge in [0.15, 0.2) is 0 Å².